The Labute approximate surface area is 91.9 Å². The van der Waals surface area contributed by atoms with Crippen molar-refractivity contribution in [1.82, 2.24) is 0 Å². The van der Waals surface area contributed by atoms with Crippen LogP contribution in [0.1, 0.15) is 18.9 Å². The largest absolute Gasteiger partial charge is 0.489 e. The lowest BCUT2D eigenvalue weighted by molar-refractivity contribution is -0.138. The first kappa shape index (κ1) is 12.0. The molecule has 1 atom stereocenters. The van der Waals surface area contributed by atoms with Gasteiger partial charge in [0.25, 0.3) is 0 Å². The number of halogens is 1. The Balaban J connectivity index is 2.85. The molecule has 0 aliphatic heterocycles. The first-order chi connectivity index (χ1) is 7.54. The highest BCUT2D eigenvalue weighted by atomic mass is 19.1. The first-order valence-corrected chi connectivity index (χ1v) is 4.61. The molecule has 4 nitrogen and oxygen atoms in total. The minimum absolute atomic E-state index is 0.0660. The molecule has 0 aliphatic rings. The van der Waals surface area contributed by atoms with Crippen LogP contribution in [-0.2, 0) is 4.79 Å². The SMILES string of the molecule is C[C@@H](CC(=O)O)Oc1cccc(F)c1C#N. The molecular weight excluding hydrogens is 213 g/mol. The summed E-state index contributed by atoms with van der Waals surface area (Å²) < 4.78 is 18.3. The number of benzene rings is 1. The van der Waals surface area contributed by atoms with Gasteiger partial charge in [-0.15, -0.1) is 0 Å². The third-order valence-electron chi connectivity index (χ3n) is 1.88. The van der Waals surface area contributed by atoms with Crippen LogP contribution in [-0.4, -0.2) is 17.2 Å². The molecular formula is C11H10FNO3. The van der Waals surface area contributed by atoms with Gasteiger partial charge in [0.2, 0.25) is 0 Å². The Morgan fingerprint density at radius 3 is 2.94 bits per heavy atom. The minimum atomic E-state index is -1.01. The Kier molecular flexibility index (Phi) is 3.84. The van der Waals surface area contributed by atoms with Crippen LogP contribution in [0.3, 0.4) is 0 Å². The van der Waals surface area contributed by atoms with Crippen LogP contribution in [0.25, 0.3) is 0 Å². The van der Waals surface area contributed by atoms with Crippen LogP contribution in [0, 0.1) is 17.1 Å². The molecule has 1 rings (SSSR count). The summed E-state index contributed by atoms with van der Waals surface area (Å²) in [6.45, 7) is 1.54. The van der Waals surface area contributed by atoms with E-state index in [4.69, 9.17) is 15.1 Å². The number of ether oxygens (including phenoxy) is 1. The number of carboxylic acid groups (broad SMARTS) is 1. The van der Waals surface area contributed by atoms with E-state index in [2.05, 4.69) is 0 Å². The van der Waals surface area contributed by atoms with Crippen LogP contribution in [0.5, 0.6) is 5.75 Å². The average molecular weight is 223 g/mol. The second-order valence-corrected chi connectivity index (χ2v) is 3.25. The number of hydrogen-bond acceptors (Lipinski definition) is 3. The Morgan fingerprint density at radius 1 is 1.69 bits per heavy atom. The van der Waals surface area contributed by atoms with E-state index in [-0.39, 0.29) is 17.7 Å². The smallest absolute Gasteiger partial charge is 0.307 e. The molecule has 0 fully saturated rings. The van der Waals surface area contributed by atoms with Crippen LogP contribution in [0.15, 0.2) is 18.2 Å². The molecule has 1 aromatic carbocycles. The van der Waals surface area contributed by atoms with Gasteiger partial charge in [-0.1, -0.05) is 6.07 Å². The van der Waals surface area contributed by atoms with Gasteiger partial charge >= 0.3 is 5.97 Å². The van der Waals surface area contributed by atoms with Gasteiger partial charge in [0, 0.05) is 0 Å². The van der Waals surface area contributed by atoms with Gasteiger partial charge in [-0.3, -0.25) is 4.79 Å². The molecule has 0 spiro atoms. The van der Waals surface area contributed by atoms with E-state index in [0.717, 1.165) is 6.07 Å². The number of carboxylic acids is 1. The number of hydrogen-bond donors (Lipinski definition) is 1. The predicted molar refractivity (Wildman–Crippen MR) is 53.5 cm³/mol. The predicted octanol–water partition coefficient (Wildman–Crippen LogP) is 1.94. The molecule has 0 aliphatic carbocycles. The van der Waals surface area contributed by atoms with E-state index >= 15 is 0 Å². The summed E-state index contributed by atoms with van der Waals surface area (Å²) in [5, 5.41) is 17.2. The van der Waals surface area contributed by atoms with Crippen molar-refractivity contribution in [2.24, 2.45) is 0 Å². The third-order valence-corrected chi connectivity index (χ3v) is 1.88. The van der Waals surface area contributed by atoms with Crippen molar-refractivity contribution in [3.8, 4) is 11.8 Å². The molecule has 0 amide bonds. The number of rotatable bonds is 4. The Hall–Kier alpha value is -2.09. The normalized spacial score (nSPS) is 11.6. The highest BCUT2D eigenvalue weighted by Crippen LogP contribution is 2.22. The molecule has 0 saturated heterocycles. The van der Waals surface area contributed by atoms with Crippen molar-refractivity contribution in [1.29, 1.82) is 5.26 Å². The minimum Gasteiger partial charge on any atom is -0.489 e. The quantitative estimate of drug-likeness (QED) is 0.846. The number of aliphatic carboxylic acids is 1. The second kappa shape index (κ2) is 5.12. The lowest BCUT2D eigenvalue weighted by Crippen LogP contribution is -2.17. The van der Waals surface area contributed by atoms with Crippen molar-refractivity contribution in [2.75, 3.05) is 0 Å². The molecule has 0 bridgehead atoms. The summed E-state index contributed by atoms with van der Waals surface area (Å²) >= 11 is 0. The van der Waals surface area contributed by atoms with Crippen LogP contribution >= 0.6 is 0 Å². The Bertz CT molecular complexity index is 439. The molecule has 1 N–H and O–H groups in total. The van der Waals surface area contributed by atoms with Gasteiger partial charge in [0.15, 0.2) is 0 Å². The molecule has 1 aromatic rings. The fraction of sp³-hybridized carbons (Fsp3) is 0.273. The highest BCUT2D eigenvalue weighted by molar-refractivity contribution is 5.67. The van der Waals surface area contributed by atoms with E-state index in [0.29, 0.717) is 0 Å². The van der Waals surface area contributed by atoms with E-state index in [9.17, 15) is 9.18 Å². The summed E-state index contributed by atoms with van der Waals surface area (Å²) in [6.07, 6.45) is -0.826. The zero-order chi connectivity index (χ0) is 12.1. The monoisotopic (exact) mass is 223 g/mol. The fourth-order valence-corrected chi connectivity index (χ4v) is 1.22. The van der Waals surface area contributed by atoms with Crippen LogP contribution in [0.4, 0.5) is 4.39 Å². The van der Waals surface area contributed by atoms with Crippen LogP contribution in [0.2, 0.25) is 0 Å². The lowest BCUT2D eigenvalue weighted by atomic mass is 10.2. The average Bonchev–Trinajstić information content (AvgIpc) is 2.16. The molecule has 0 aromatic heterocycles. The van der Waals surface area contributed by atoms with E-state index < -0.39 is 17.9 Å². The van der Waals surface area contributed by atoms with Crippen molar-refractivity contribution < 1.29 is 19.0 Å². The van der Waals surface area contributed by atoms with Crippen molar-refractivity contribution >= 4 is 5.97 Å². The number of nitrogens with zero attached hydrogens (tertiary/aromatic N) is 1. The number of nitriles is 1. The molecule has 84 valence electrons. The van der Waals surface area contributed by atoms with Gasteiger partial charge in [-0.2, -0.15) is 5.26 Å². The molecule has 5 heteroatoms. The summed E-state index contributed by atoms with van der Waals surface area (Å²) in [5.74, 6) is -1.62. The molecule has 0 heterocycles. The van der Waals surface area contributed by atoms with Gasteiger partial charge in [0.05, 0.1) is 6.42 Å². The Morgan fingerprint density at radius 2 is 2.38 bits per heavy atom. The standard InChI is InChI=1S/C11H10FNO3/c1-7(5-11(14)15)16-10-4-2-3-9(12)8(10)6-13/h2-4,7H,5H2,1H3,(H,14,15)/t7-/m0/s1. The van der Waals surface area contributed by atoms with Crippen LogP contribution < -0.4 is 4.74 Å². The highest BCUT2D eigenvalue weighted by Gasteiger charge is 2.14. The number of carbonyl (C=O) groups is 1. The van der Waals surface area contributed by atoms with Crippen molar-refractivity contribution in [3.05, 3.63) is 29.6 Å². The van der Waals surface area contributed by atoms with E-state index in [1.165, 1.54) is 12.1 Å². The van der Waals surface area contributed by atoms with E-state index in [1.54, 1.807) is 13.0 Å². The summed E-state index contributed by atoms with van der Waals surface area (Å²) in [6, 6.07) is 5.65. The zero-order valence-electron chi connectivity index (χ0n) is 8.61. The van der Waals surface area contributed by atoms with Crippen molar-refractivity contribution in [3.63, 3.8) is 0 Å². The zero-order valence-corrected chi connectivity index (χ0v) is 8.61. The summed E-state index contributed by atoms with van der Waals surface area (Å²) in [5.41, 5.74) is -0.209. The lowest BCUT2D eigenvalue weighted by Gasteiger charge is -2.13. The topological polar surface area (TPSA) is 70.3 Å². The maximum Gasteiger partial charge on any atom is 0.307 e. The first-order valence-electron chi connectivity index (χ1n) is 4.61. The molecule has 16 heavy (non-hydrogen) atoms. The second-order valence-electron chi connectivity index (χ2n) is 3.25. The van der Waals surface area contributed by atoms with Gasteiger partial charge in [-0.05, 0) is 19.1 Å². The van der Waals surface area contributed by atoms with Crippen molar-refractivity contribution in [2.45, 2.75) is 19.4 Å². The van der Waals surface area contributed by atoms with Gasteiger partial charge in [-0.25, -0.2) is 4.39 Å². The fourth-order valence-electron chi connectivity index (χ4n) is 1.22. The summed E-state index contributed by atoms with van der Waals surface area (Å²) in [4.78, 5) is 10.4. The van der Waals surface area contributed by atoms with Gasteiger partial charge in [0.1, 0.15) is 29.3 Å². The van der Waals surface area contributed by atoms with E-state index in [1.807, 2.05) is 0 Å². The third kappa shape index (κ3) is 2.95. The molecule has 0 saturated carbocycles. The maximum atomic E-state index is 13.1. The maximum absolute atomic E-state index is 13.1. The molecule has 0 unspecified atom stereocenters. The van der Waals surface area contributed by atoms with Gasteiger partial charge < -0.3 is 9.84 Å². The molecule has 0 radical (unpaired) electrons. The summed E-state index contributed by atoms with van der Waals surface area (Å²) in [7, 11) is 0.